The van der Waals surface area contributed by atoms with Crippen molar-refractivity contribution in [3.63, 3.8) is 0 Å². The summed E-state index contributed by atoms with van der Waals surface area (Å²) in [7, 11) is 0. The Morgan fingerprint density at radius 2 is 1.52 bits per heavy atom. The number of carbonyl (C=O) groups is 3. The zero-order valence-electron chi connectivity index (χ0n) is 23.6. The lowest BCUT2D eigenvalue weighted by molar-refractivity contribution is -0.154. The summed E-state index contributed by atoms with van der Waals surface area (Å²) in [5.74, 6) is -1.66. The topological polar surface area (TPSA) is 123 Å². The standard InChI is InChI=1S/C33H36N2O7/c1-22(41-19-23-9-3-2-4-10-23)29(30(36)34-21-33(31(37)38)15-17-40-18-16-33)35-32(39)42-20-28-26-13-7-5-11-24(26)25-12-6-8-14-27(25)28/h2-14,22,28-29H,15-21H2,1H3,(H,34,36)(H,35,39)(H,37,38). The largest absolute Gasteiger partial charge is 0.481 e. The number of benzene rings is 3. The van der Waals surface area contributed by atoms with E-state index in [1.807, 2.05) is 66.7 Å². The zero-order valence-corrected chi connectivity index (χ0v) is 23.6. The van der Waals surface area contributed by atoms with Crippen LogP contribution in [0.5, 0.6) is 0 Å². The normalized spacial score (nSPS) is 16.9. The maximum atomic E-state index is 13.4. The van der Waals surface area contributed by atoms with Gasteiger partial charge in [0.25, 0.3) is 0 Å². The Hall–Kier alpha value is -4.21. The lowest BCUT2D eigenvalue weighted by Crippen LogP contribution is -2.56. The van der Waals surface area contributed by atoms with Crippen molar-refractivity contribution in [1.82, 2.24) is 10.6 Å². The van der Waals surface area contributed by atoms with Crippen LogP contribution in [0.25, 0.3) is 11.1 Å². The first kappa shape index (κ1) is 29.3. The van der Waals surface area contributed by atoms with Crippen molar-refractivity contribution in [2.24, 2.45) is 5.41 Å². The second-order valence-corrected chi connectivity index (χ2v) is 10.9. The number of rotatable bonds is 11. The van der Waals surface area contributed by atoms with Crippen molar-refractivity contribution < 1.29 is 33.7 Å². The minimum atomic E-state index is -1.13. The van der Waals surface area contributed by atoms with E-state index >= 15 is 0 Å². The van der Waals surface area contributed by atoms with E-state index in [-0.39, 0.29) is 38.5 Å². The van der Waals surface area contributed by atoms with E-state index in [4.69, 9.17) is 14.2 Å². The Morgan fingerprint density at radius 1 is 0.929 bits per heavy atom. The van der Waals surface area contributed by atoms with Crippen LogP contribution in [0.4, 0.5) is 4.79 Å². The molecular weight excluding hydrogens is 536 g/mol. The van der Waals surface area contributed by atoms with Crippen LogP contribution in [-0.4, -0.2) is 61.6 Å². The van der Waals surface area contributed by atoms with Gasteiger partial charge in [0.05, 0.1) is 18.1 Å². The number of aliphatic carboxylic acids is 1. The van der Waals surface area contributed by atoms with Gasteiger partial charge in [-0.3, -0.25) is 9.59 Å². The quantitative estimate of drug-likeness (QED) is 0.309. The number of carboxylic acids is 1. The maximum absolute atomic E-state index is 13.4. The molecule has 2 amide bonds. The summed E-state index contributed by atoms with van der Waals surface area (Å²) in [5, 5.41) is 15.3. The van der Waals surface area contributed by atoms with Crippen molar-refractivity contribution in [1.29, 1.82) is 0 Å². The number of carboxylic acid groups (broad SMARTS) is 1. The molecule has 0 radical (unpaired) electrons. The van der Waals surface area contributed by atoms with Crippen LogP contribution in [-0.2, 0) is 30.4 Å². The monoisotopic (exact) mass is 572 g/mol. The molecule has 1 aliphatic carbocycles. The predicted molar refractivity (Wildman–Crippen MR) is 156 cm³/mol. The zero-order chi connectivity index (χ0) is 29.5. The second-order valence-electron chi connectivity index (χ2n) is 10.9. The summed E-state index contributed by atoms with van der Waals surface area (Å²) in [6, 6.07) is 24.5. The number of hydrogen-bond acceptors (Lipinski definition) is 6. The molecule has 3 aromatic carbocycles. The Balaban J connectivity index is 1.26. The molecule has 2 atom stereocenters. The van der Waals surface area contributed by atoms with E-state index < -0.39 is 35.5 Å². The molecule has 9 nitrogen and oxygen atoms in total. The lowest BCUT2D eigenvalue weighted by Gasteiger charge is -2.34. The molecule has 0 saturated carbocycles. The Labute approximate surface area is 245 Å². The van der Waals surface area contributed by atoms with Gasteiger partial charge >= 0.3 is 12.1 Å². The summed E-state index contributed by atoms with van der Waals surface area (Å²) in [5.41, 5.74) is 4.17. The third-order valence-corrected chi connectivity index (χ3v) is 8.23. The first-order chi connectivity index (χ1) is 20.4. The van der Waals surface area contributed by atoms with Crippen LogP contribution in [0, 0.1) is 5.41 Å². The van der Waals surface area contributed by atoms with E-state index in [0.29, 0.717) is 13.2 Å². The van der Waals surface area contributed by atoms with Gasteiger partial charge in [0.15, 0.2) is 0 Å². The highest BCUT2D eigenvalue weighted by Crippen LogP contribution is 2.44. The summed E-state index contributed by atoms with van der Waals surface area (Å²) in [6.45, 7) is 2.54. The average molecular weight is 573 g/mol. The van der Waals surface area contributed by atoms with Gasteiger partial charge in [0.1, 0.15) is 12.6 Å². The number of nitrogens with one attached hydrogen (secondary N) is 2. The SMILES string of the molecule is CC(OCc1ccccc1)C(NC(=O)OCC1c2ccccc2-c2ccccc21)C(=O)NCC1(C(=O)O)CCOCC1. The second kappa shape index (κ2) is 13.2. The minimum absolute atomic E-state index is 0.0845. The third kappa shape index (κ3) is 6.48. The smallest absolute Gasteiger partial charge is 0.407 e. The van der Waals surface area contributed by atoms with E-state index in [9.17, 15) is 19.5 Å². The van der Waals surface area contributed by atoms with Crippen LogP contribution >= 0.6 is 0 Å². The summed E-state index contributed by atoms with van der Waals surface area (Å²) < 4.78 is 17.0. The highest BCUT2D eigenvalue weighted by molar-refractivity contribution is 5.87. The van der Waals surface area contributed by atoms with E-state index in [1.165, 1.54) is 0 Å². The molecule has 0 spiro atoms. The van der Waals surface area contributed by atoms with Crippen LogP contribution < -0.4 is 10.6 Å². The number of hydrogen-bond donors (Lipinski definition) is 3. The molecule has 3 N–H and O–H groups in total. The molecule has 3 aromatic rings. The number of fused-ring (bicyclic) bond motifs is 3. The minimum Gasteiger partial charge on any atom is -0.481 e. The summed E-state index contributed by atoms with van der Waals surface area (Å²) >= 11 is 0. The van der Waals surface area contributed by atoms with Crippen molar-refractivity contribution in [3.05, 3.63) is 95.6 Å². The fourth-order valence-corrected chi connectivity index (χ4v) is 5.66. The molecular formula is C33H36N2O7. The summed E-state index contributed by atoms with van der Waals surface area (Å²) in [6.07, 6.45) is -0.923. The van der Waals surface area contributed by atoms with Gasteiger partial charge in [-0.25, -0.2) is 4.79 Å². The lowest BCUT2D eigenvalue weighted by atomic mass is 9.80. The van der Waals surface area contributed by atoms with E-state index in [2.05, 4.69) is 22.8 Å². The van der Waals surface area contributed by atoms with Crippen LogP contribution in [0.3, 0.4) is 0 Å². The average Bonchev–Trinajstić information content (AvgIpc) is 3.34. The molecule has 5 rings (SSSR count). The highest BCUT2D eigenvalue weighted by atomic mass is 16.5. The van der Waals surface area contributed by atoms with Crippen molar-refractivity contribution in [3.8, 4) is 11.1 Å². The van der Waals surface area contributed by atoms with E-state index in [0.717, 1.165) is 27.8 Å². The van der Waals surface area contributed by atoms with Crippen molar-refractivity contribution >= 4 is 18.0 Å². The number of amides is 2. The fraction of sp³-hybridized carbons (Fsp3) is 0.364. The van der Waals surface area contributed by atoms with E-state index in [1.54, 1.807) is 6.92 Å². The third-order valence-electron chi connectivity index (χ3n) is 8.23. The van der Waals surface area contributed by atoms with Gasteiger partial charge in [-0.05, 0) is 47.6 Å². The molecule has 1 aliphatic heterocycles. The molecule has 9 heteroatoms. The molecule has 2 aliphatic rings. The Kier molecular flexibility index (Phi) is 9.19. The van der Waals surface area contributed by atoms with Gasteiger partial charge in [-0.2, -0.15) is 0 Å². The van der Waals surface area contributed by atoms with Crippen LogP contribution in [0.15, 0.2) is 78.9 Å². The van der Waals surface area contributed by atoms with Crippen molar-refractivity contribution in [2.45, 2.75) is 44.4 Å². The first-order valence-electron chi connectivity index (χ1n) is 14.2. The van der Waals surface area contributed by atoms with Crippen molar-refractivity contribution in [2.75, 3.05) is 26.4 Å². The van der Waals surface area contributed by atoms with Crippen LogP contribution in [0.2, 0.25) is 0 Å². The number of ether oxygens (including phenoxy) is 3. The molecule has 0 bridgehead atoms. The molecule has 220 valence electrons. The molecule has 1 heterocycles. The van der Waals surface area contributed by atoms with Crippen LogP contribution in [0.1, 0.15) is 42.4 Å². The molecule has 2 unspecified atom stereocenters. The van der Waals surface area contributed by atoms with Gasteiger partial charge in [-0.15, -0.1) is 0 Å². The first-order valence-corrected chi connectivity index (χ1v) is 14.2. The van der Waals surface area contributed by atoms with Gasteiger partial charge in [0.2, 0.25) is 5.91 Å². The molecule has 1 saturated heterocycles. The number of alkyl carbamates (subject to hydrolysis) is 1. The van der Waals surface area contributed by atoms with Gasteiger partial charge < -0.3 is 30.0 Å². The molecule has 0 aromatic heterocycles. The molecule has 1 fully saturated rings. The Bertz CT molecular complexity index is 1360. The fourth-order valence-electron chi connectivity index (χ4n) is 5.66. The van der Waals surface area contributed by atoms with Gasteiger partial charge in [0, 0.05) is 25.7 Å². The predicted octanol–water partition coefficient (Wildman–Crippen LogP) is 4.50. The highest BCUT2D eigenvalue weighted by Gasteiger charge is 2.41. The molecule has 42 heavy (non-hydrogen) atoms. The number of carbonyl (C=O) groups excluding carboxylic acids is 2. The maximum Gasteiger partial charge on any atom is 0.407 e. The van der Waals surface area contributed by atoms with Gasteiger partial charge in [-0.1, -0.05) is 78.9 Å². The Morgan fingerprint density at radius 3 is 2.14 bits per heavy atom. The summed E-state index contributed by atoms with van der Waals surface area (Å²) in [4.78, 5) is 38.7.